The van der Waals surface area contributed by atoms with E-state index in [0.717, 1.165) is 56.6 Å². The molecule has 0 bridgehead atoms. The Morgan fingerprint density at radius 2 is 0.722 bits per heavy atom. The summed E-state index contributed by atoms with van der Waals surface area (Å²) in [6.45, 7) is 4.27. The Hall–Kier alpha value is -6.78. The monoisotopic (exact) mass is 702 g/mol. The molecular weight excluding hydrogens is 665 g/mol. The number of hydrogen-bond donors (Lipinski definition) is 0. The third kappa shape index (κ3) is 6.90. The van der Waals surface area contributed by atoms with Gasteiger partial charge in [-0.2, -0.15) is 0 Å². The minimum absolute atomic E-state index is 0.366. The summed E-state index contributed by atoms with van der Waals surface area (Å²) in [4.78, 5) is 27.7. The van der Waals surface area contributed by atoms with Gasteiger partial charge in [-0.25, -0.2) is 9.59 Å². The molecule has 0 aliphatic heterocycles. The van der Waals surface area contributed by atoms with Crippen LogP contribution in [0.2, 0.25) is 0 Å². The largest absolute Gasteiger partial charge is 0.422 e. The second-order valence-electron chi connectivity index (χ2n) is 13.4. The minimum Gasteiger partial charge on any atom is -0.422 e. The van der Waals surface area contributed by atoms with Crippen LogP contribution in [0, 0.1) is 0 Å². The van der Waals surface area contributed by atoms with Crippen LogP contribution < -0.4 is 9.47 Å². The van der Waals surface area contributed by atoms with E-state index in [9.17, 15) is 9.59 Å². The second-order valence-corrected chi connectivity index (χ2v) is 13.4. The fraction of sp³-hybridized carbons (Fsp3) is 0.0800. The molecule has 54 heavy (non-hydrogen) atoms. The van der Waals surface area contributed by atoms with Crippen molar-refractivity contribution in [3.05, 3.63) is 192 Å². The lowest BCUT2D eigenvalue weighted by molar-refractivity contribution is 0.0723. The first-order chi connectivity index (χ1) is 26.5. The van der Waals surface area contributed by atoms with Gasteiger partial charge in [0.2, 0.25) is 0 Å². The first kappa shape index (κ1) is 34.3. The van der Waals surface area contributed by atoms with Crippen molar-refractivity contribution in [2.75, 3.05) is 0 Å². The second kappa shape index (κ2) is 15.1. The number of hydrogen-bond acceptors (Lipinski definition) is 4. The van der Waals surface area contributed by atoms with Gasteiger partial charge >= 0.3 is 11.9 Å². The maximum atomic E-state index is 13.8. The highest BCUT2D eigenvalue weighted by Crippen LogP contribution is 2.46. The molecule has 0 saturated carbocycles. The molecule has 4 nitrogen and oxygen atoms in total. The standard InChI is InChI=1S/C50H38O4/c1-3-33-13-17-35(18-14-33)37-21-25-41(26-22-37)49(51)53-45-31-29-39-9-5-7-11-43(39)47(45)48-44-12-8-6-10-40(44)30-32-46(48)54-50(52)42-27-23-38(24-28-42)36-19-15-34(4-2)16-20-36/h5-32H,3-4H2,1-2H3. The third-order valence-corrected chi connectivity index (χ3v) is 10.1. The van der Waals surface area contributed by atoms with Gasteiger partial charge < -0.3 is 9.47 Å². The molecule has 8 aromatic rings. The Morgan fingerprint density at radius 3 is 1.07 bits per heavy atom. The molecule has 0 radical (unpaired) electrons. The molecule has 0 heterocycles. The van der Waals surface area contributed by atoms with Crippen LogP contribution in [0.1, 0.15) is 45.7 Å². The van der Waals surface area contributed by atoms with E-state index in [0.29, 0.717) is 33.8 Å². The molecule has 0 N–H and O–H groups in total. The first-order valence-electron chi connectivity index (χ1n) is 18.4. The van der Waals surface area contributed by atoms with Gasteiger partial charge in [-0.05, 0) is 104 Å². The van der Waals surface area contributed by atoms with E-state index in [1.54, 1.807) is 24.3 Å². The molecular formula is C50H38O4. The maximum Gasteiger partial charge on any atom is 0.343 e. The van der Waals surface area contributed by atoms with Crippen molar-refractivity contribution < 1.29 is 19.1 Å². The summed E-state index contributed by atoms with van der Waals surface area (Å²) in [6, 6.07) is 55.3. The number of benzene rings is 8. The minimum atomic E-state index is -0.484. The van der Waals surface area contributed by atoms with Gasteiger partial charge in [-0.15, -0.1) is 0 Å². The van der Waals surface area contributed by atoms with Gasteiger partial charge in [0.15, 0.2) is 0 Å². The number of carbonyl (C=O) groups is 2. The van der Waals surface area contributed by atoms with E-state index < -0.39 is 11.9 Å². The maximum absolute atomic E-state index is 13.8. The molecule has 0 aliphatic carbocycles. The number of esters is 2. The van der Waals surface area contributed by atoms with Crippen molar-refractivity contribution in [3.63, 3.8) is 0 Å². The number of rotatable bonds is 9. The van der Waals surface area contributed by atoms with Crippen LogP contribution in [0.4, 0.5) is 0 Å². The average molecular weight is 703 g/mol. The van der Waals surface area contributed by atoms with Crippen molar-refractivity contribution in [1.29, 1.82) is 0 Å². The van der Waals surface area contributed by atoms with Gasteiger partial charge in [0.05, 0.1) is 11.1 Å². The molecule has 8 aromatic carbocycles. The summed E-state index contributed by atoms with van der Waals surface area (Å²) >= 11 is 0. The van der Waals surface area contributed by atoms with Crippen LogP contribution in [0.5, 0.6) is 11.5 Å². The van der Waals surface area contributed by atoms with Crippen molar-refractivity contribution >= 4 is 33.5 Å². The molecule has 0 saturated heterocycles. The van der Waals surface area contributed by atoms with Crippen molar-refractivity contribution in [2.24, 2.45) is 0 Å². The van der Waals surface area contributed by atoms with E-state index in [1.165, 1.54) is 11.1 Å². The zero-order valence-electron chi connectivity index (χ0n) is 30.2. The summed E-state index contributed by atoms with van der Waals surface area (Å²) in [7, 11) is 0. The van der Waals surface area contributed by atoms with Gasteiger partial charge in [0.1, 0.15) is 11.5 Å². The van der Waals surface area contributed by atoms with Gasteiger partial charge in [-0.1, -0.05) is 147 Å². The van der Waals surface area contributed by atoms with Gasteiger partial charge in [-0.3, -0.25) is 0 Å². The molecule has 0 unspecified atom stereocenters. The lowest BCUT2D eigenvalue weighted by Gasteiger charge is -2.19. The van der Waals surface area contributed by atoms with Crippen LogP contribution >= 0.6 is 0 Å². The van der Waals surface area contributed by atoms with Crippen molar-refractivity contribution in [2.45, 2.75) is 26.7 Å². The highest BCUT2D eigenvalue weighted by Gasteiger charge is 2.23. The summed E-state index contributed by atoms with van der Waals surface area (Å²) in [6.07, 6.45) is 1.96. The first-order valence-corrected chi connectivity index (χ1v) is 18.4. The fourth-order valence-electron chi connectivity index (χ4n) is 6.97. The fourth-order valence-corrected chi connectivity index (χ4v) is 6.97. The van der Waals surface area contributed by atoms with E-state index in [4.69, 9.17) is 9.47 Å². The normalized spacial score (nSPS) is 11.1. The van der Waals surface area contributed by atoms with Crippen LogP contribution in [-0.4, -0.2) is 11.9 Å². The van der Waals surface area contributed by atoms with E-state index in [2.05, 4.69) is 62.4 Å². The van der Waals surface area contributed by atoms with Crippen LogP contribution in [0.25, 0.3) is 54.9 Å². The van der Waals surface area contributed by atoms with Crippen molar-refractivity contribution in [1.82, 2.24) is 0 Å². The summed E-state index contributed by atoms with van der Waals surface area (Å²) in [5, 5.41) is 3.64. The Balaban J connectivity index is 1.16. The lowest BCUT2D eigenvalue weighted by Crippen LogP contribution is -2.11. The van der Waals surface area contributed by atoms with Crippen LogP contribution in [0.3, 0.4) is 0 Å². The summed E-state index contributed by atoms with van der Waals surface area (Å²) < 4.78 is 12.5. The van der Waals surface area contributed by atoms with Crippen LogP contribution in [-0.2, 0) is 12.8 Å². The smallest absolute Gasteiger partial charge is 0.343 e. The zero-order valence-corrected chi connectivity index (χ0v) is 30.2. The quantitative estimate of drug-likeness (QED) is 0.111. The average Bonchev–Trinajstić information content (AvgIpc) is 3.24. The van der Waals surface area contributed by atoms with Gasteiger partial charge in [0, 0.05) is 11.1 Å². The highest BCUT2D eigenvalue weighted by molar-refractivity contribution is 6.11. The molecule has 0 aromatic heterocycles. The Labute approximate surface area is 315 Å². The molecule has 0 aliphatic rings. The van der Waals surface area contributed by atoms with Crippen LogP contribution in [0.15, 0.2) is 170 Å². The number of carbonyl (C=O) groups excluding carboxylic acids is 2. The molecule has 0 atom stereocenters. The summed E-state index contributed by atoms with van der Waals surface area (Å²) in [5.74, 6) is -0.236. The predicted molar refractivity (Wildman–Crippen MR) is 219 cm³/mol. The molecule has 4 heteroatoms. The van der Waals surface area contributed by atoms with E-state index in [-0.39, 0.29) is 0 Å². The molecule has 0 amide bonds. The highest BCUT2D eigenvalue weighted by atomic mass is 16.5. The molecule has 0 spiro atoms. The molecule has 8 rings (SSSR count). The SMILES string of the molecule is CCc1ccc(-c2ccc(C(=O)Oc3ccc4ccccc4c3-c3c(OC(=O)c4ccc(-c5ccc(CC)cc5)cc4)ccc4ccccc34)cc2)cc1. The lowest BCUT2D eigenvalue weighted by atomic mass is 9.92. The predicted octanol–water partition coefficient (Wildman–Crippen LogP) is 12.6. The third-order valence-electron chi connectivity index (χ3n) is 10.1. The topological polar surface area (TPSA) is 52.6 Å². The molecule has 0 fully saturated rings. The number of fused-ring (bicyclic) bond motifs is 2. The zero-order chi connectivity index (χ0) is 37.0. The van der Waals surface area contributed by atoms with Crippen molar-refractivity contribution in [3.8, 4) is 44.9 Å². The van der Waals surface area contributed by atoms with Gasteiger partial charge in [0.25, 0.3) is 0 Å². The Bertz CT molecular complexity index is 2430. The Morgan fingerprint density at radius 1 is 0.389 bits per heavy atom. The van der Waals surface area contributed by atoms with E-state index >= 15 is 0 Å². The van der Waals surface area contributed by atoms with E-state index in [1.807, 2.05) is 97.1 Å². The summed E-state index contributed by atoms with van der Waals surface area (Å²) in [5.41, 5.74) is 8.94. The Kier molecular flexibility index (Phi) is 9.57. The number of ether oxygens (including phenoxy) is 2. The number of aryl methyl sites for hydroxylation is 2. The molecule has 262 valence electrons.